The van der Waals surface area contributed by atoms with Gasteiger partial charge in [-0.25, -0.2) is 9.18 Å². The number of halogens is 2. The van der Waals surface area contributed by atoms with Crippen molar-refractivity contribution in [2.75, 3.05) is 5.32 Å². The minimum Gasteiger partial charge on any atom is -0.374 e. The molecule has 0 heterocycles. The number of nitrogens with two attached hydrogens (primary N) is 1. The summed E-state index contributed by atoms with van der Waals surface area (Å²) in [4.78, 5) is 21.8. The molecule has 3 amide bonds. The molecule has 0 saturated heterocycles. The van der Waals surface area contributed by atoms with Crippen LogP contribution < -0.4 is 16.4 Å². The van der Waals surface area contributed by atoms with Crippen LogP contribution in [0.4, 0.5) is 14.9 Å². The third kappa shape index (κ3) is 3.92. The van der Waals surface area contributed by atoms with E-state index in [1.54, 1.807) is 0 Å². The Balaban J connectivity index is 2.67. The molecule has 0 unspecified atom stereocenters. The molecule has 1 rings (SSSR count). The van der Waals surface area contributed by atoms with Gasteiger partial charge < -0.3 is 11.1 Å². The minimum atomic E-state index is -0.939. The van der Waals surface area contributed by atoms with Gasteiger partial charge in [0, 0.05) is 5.69 Å². The summed E-state index contributed by atoms with van der Waals surface area (Å²) in [6.07, 6.45) is 0. The molecular formula is C10H11ClFN3O2. The fraction of sp³-hybridized carbons (Fsp3) is 0.200. The van der Waals surface area contributed by atoms with Gasteiger partial charge >= 0.3 is 6.03 Å². The fourth-order valence-electron chi connectivity index (χ4n) is 1.13. The number of carbonyl (C=O) groups is 2. The highest BCUT2D eigenvalue weighted by Gasteiger charge is 2.14. The fourth-order valence-corrected chi connectivity index (χ4v) is 1.25. The maximum atomic E-state index is 13.1. The van der Waals surface area contributed by atoms with Crippen molar-refractivity contribution in [1.82, 2.24) is 5.32 Å². The third-order valence-corrected chi connectivity index (χ3v) is 2.25. The van der Waals surface area contributed by atoms with E-state index in [1.807, 2.05) is 5.32 Å². The number of hydrogen-bond donors (Lipinski definition) is 3. The lowest BCUT2D eigenvalue weighted by Crippen LogP contribution is -2.43. The van der Waals surface area contributed by atoms with Gasteiger partial charge in [-0.1, -0.05) is 11.6 Å². The molecule has 0 aromatic heterocycles. The predicted octanol–water partition coefficient (Wildman–Crippen LogP) is 1.47. The van der Waals surface area contributed by atoms with Crippen LogP contribution in [0.15, 0.2) is 18.2 Å². The molecule has 5 nitrogen and oxygen atoms in total. The Bertz CT molecular complexity index is 453. The van der Waals surface area contributed by atoms with E-state index in [0.29, 0.717) is 5.69 Å². The van der Waals surface area contributed by atoms with Crippen LogP contribution in [0.5, 0.6) is 0 Å². The molecule has 0 radical (unpaired) electrons. The quantitative estimate of drug-likeness (QED) is 0.769. The van der Waals surface area contributed by atoms with Crippen molar-refractivity contribution in [3.05, 3.63) is 29.0 Å². The van der Waals surface area contributed by atoms with Crippen molar-refractivity contribution in [3.8, 4) is 0 Å². The average Bonchev–Trinajstić information content (AvgIpc) is 2.22. The molecule has 92 valence electrons. The lowest BCUT2D eigenvalue weighted by molar-refractivity contribution is -0.120. The molecule has 0 bridgehead atoms. The van der Waals surface area contributed by atoms with Crippen LogP contribution in [-0.2, 0) is 4.79 Å². The highest BCUT2D eigenvalue weighted by Crippen LogP contribution is 2.19. The van der Waals surface area contributed by atoms with Crippen molar-refractivity contribution in [3.63, 3.8) is 0 Å². The molecule has 0 aliphatic heterocycles. The number of amides is 3. The third-order valence-electron chi connectivity index (χ3n) is 1.94. The summed E-state index contributed by atoms with van der Waals surface area (Å²) in [5.74, 6) is -1.20. The number of imide groups is 1. The highest BCUT2D eigenvalue weighted by molar-refractivity contribution is 6.30. The Morgan fingerprint density at radius 1 is 1.47 bits per heavy atom. The zero-order valence-corrected chi connectivity index (χ0v) is 9.72. The maximum Gasteiger partial charge on any atom is 0.318 e. The normalized spacial score (nSPS) is 11.7. The Morgan fingerprint density at radius 2 is 2.12 bits per heavy atom. The van der Waals surface area contributed by atoms with Gasteiger partial charge in [-0.15, -0.1) is 0 Å². The predicted molar refractivity (Wildman–Crippen MR) is 62.2 cm³/mol. The van der Waals surface area contributed by atoms with E-state index in [9.17, 15) is 14.0 Å². The number of hydrogen-bond acceptors (Lipinski definition) is 3. The minimum absolute atomic E-state index is 0.00945. The number of rotatable bonds is 3. The van der Waals surface area contributed by atoms with Crippen LogP contribution in [0.1, 0.15) is 6.92 Å². The Hall–Kier alpha value is -1.82. The molecule has 1 aromatic carbocycles. The van der Waals surface area contributed by atoms with E-state index in [1.165, 1.54) is 19.1 Å². The number of nitrogens with one attached hydrogen (secondary N) is 2. The van der Waals surface area contributed by atoms with Crippen LogP contribution in [0.2, 0.25) is 5.02 Å². The lowest BCUT2D eigenvalue weighted by Gasteiger charge is -2.14. The largest absolute Gasteiger partial charge is 0.374 e. The first-order chi connectivity index (χ1) is 7.90. The Morgan fingerprint density at radius 3 is 2.65 bits per heavy atom. The second kappa shape index (κ2) is 5.49. The first kappa shape index (κ1) is 13.2. The molecule has 7 heteroatoms. The first-order valence-electron chi connectivity index (χ1n) is 4.72. The van der Waals surface area contributed by atoms with E-state index >= 15 is 0 Å². The number of benzene rings is 1. The molecule has 4 N–H and O–H groups in total. The summed E-state index contributed by atoms with van der Waals surface area (Å²) in [7, 11) is 0. The van der Waals surface area contributed by atoms with Crippen LogP contribution in [0, 0.1) is 5.82 Å². The molecular weight excluding hydrogens is 249 g/mol. The number of anilines is 1. The van der Waals surface area contributed by atoms with Crippen LogP contribution >= 0.6 is 11.6 Å². The monoisotopic (exact) mass is 259 g/mol. The first-order valence-corrected chi connectivity index (χ1v) is 5.10. The average molecular weight is 260 g/mol. The molecule has 17 heavy (non-hydrogen) atoms. The van der Waals surface area contributed by atoms with Crippen molar-refractivity contribution in [2.45, 2.75) is 13.0 Å². The van der Waals surface area contributed by atoms with E-state index in [4.69, 9.17) is 17.3 Å². The topological polar surface area (TPSA) is 84.2 Å². The molecule has 0 spiro atoms. The Kier molecular flexibility index (Phi) is 4.28. The summed E-state index contributed by atoms with van der Waals surface area (Å²) >= 11 is 5.51. The summed E-state index contributed by atoms with van der Waals surface area (Å²) in [6.45, 7) is 1.50. The smallest absolute Gasteiger partial charge is 0.318 e. The van der Waals surface area contributed by atoms with Crippen LogP contribution in [0.3, 0.4) is 0 Å². The number of urea groups is 1. The molecule has 1 aromatic rings. The second-order valence-electron chi connectivity index (χ2n) is 3.35. The van der Waals surface area contributed by atoms with Gasteiger partial charge in [-0.2, -0.15) is 0 Å². The molecule has 0 fully saturated rings. The van der Waals surface area contributed by atoms with Crippen molar-refractivity contribution >= 4 is 29.2 Å². The van der Waals surface area contributed by atoms with Crippen molar-refractivity contribution in [2.24, 2.45) is 5.73 Å². The van der Waals surface area contributed by atoms with E-state index in [-0.39, 0.29) is 5.02 Å². The lowest BCUT2D eigenvalue weighted by atomic mass is 10.2. The summed E-state index contributed by atoms with van der Waals surface area (Å²) in [6, 6.07) is 2.35. The summed E-state index contributed by atoms with van der Waals surface area (Å²) in [5, 5.41) is 4.59. The van der Waals surface area contributed by atoms with Gasteiger partial charge in [0.1, 0.15) is 11.9 Å². The van der Waals surface area contributed by atoms with Crippen molar-refractivity contribution in [1.29, 1.82) is 0 Å². The van der Waals surface area contributed by atoms with Crippen LogP contribution in [0.25, 0.3) is 0 Å². The number of primary amides is 1. The molecule has 1 atom stereocenters. The molecule has 0 aliphatic carbocycles. The molecule has 0 saturated carbocycles. The van der Waals surface area contributed by atoms with E-state index < -0.39 is 23.8 Å². The van der Waals surface area contributed by atoms with Gasteiger partial charge in [-0.05, 0) is 25.1 Å². The zero-order valence-electron chi connectivity index (χ0n) is 8.96. The number of carbonyl (C=O) groups excluding carboxylic acids is 2. The maximum absolute atomic E-state index is 13.1. The SMILES string of the molecule is C[C@@H](Nc1ccc(Cl)c(F)c1)C(=O)NC(N)=O. The Labute approximate surface area is 102 Å². The van der Waals surface area contributed by atoms with Gasteiger partial charge in [-0.3, -0.25) is 10.1 Å². The zero-order chi connectivity index (χ0) is 13.0. The van der Waals surface area contributed by atoms with Crippen molar-refractivity contribution < 1.29 is 14.0 Å². The molecule has 0 aliphatic rings. The van der Waals surface area contributed by atoms with Gasteiger partial charge in [0.25, 0.3) is 0 Å². The summed E-state index contributed by atoms with van der Waals surface area (Å²) < 4.78 is 13.1. The van der Waals surface area contributed by atoms with Crippen LogP contribution in [-0.4, -0.2) is 18.0 Å². The van der Waals surface area contributed by atoms with E-state index in [2.05, 4.69) is 5.32 Å². The van der Waals surface area contributed by atoms with Gasteiger partial charge in [0.2, 0.25) is 5.91 Å². The second-order valence-corrected chi connectivity index (χ2v) is 3.76. The highest BCUT2D eigenvalue weighted by atomic mass is 35.5. The standard InChI is InChI=1S/C10H11ClFN3O2/c1-5(9(16)15-10(13)17)14-6-2-3-7(11)8(12)4-6/h2-5,14H,1H3,(H3,13,15,16,17)/t5-/m1/s1. The summed E-state index contributed by atoms with van der Waals surface area (Å²) in [5.41, 5.74) is 5.17. The van der Waals surface area contributed by atoms with Gasteiger partial charge in [0.05, 0.1) is 5.02 Å². The van der Waals surface area contributed by atoms with Gasteiger partial charge in [0.15, 0.2) is 0 Å². The van der Waals surface area contributed by atoms with E-state index in [0.717, 1.165) is 6.07 Å².